The van der Waals surface area contributed by atoms with E-state index in [0.717, 1.165) is 5.69 Å². The van der Waals surface area contributed by atoms with Crippen molar-refractivity contribution in [1.82, 2.24) is 4.90 Å². The summed E-state index contributed by atoms with van der Waals surface area (Å²) in [5.41, 5.74) is 8.93. The average molecular weight is 236 g/mol. The molecule has 0 fully saturated rings. The highest BCUT2D eigenvalue weighted by Gasteiger charge is 1.90. The van der Waals surface area contributed by atoms with E-state index in [1.807, 2.05) is 18.2 Å². The zero-order valence-electron chi connectivity index (χ0n) is 12.1. The predicted octanol–water partition coefficient (Wildman–Crippen LogP) is 3.62. The summed E-state index contributed by atoms with van der Waals surface area (Å²) in [7, 11) is 2.17. The first-order valence-corrected chi connectivity index (χ1v) is 6.52. The summed E-state index contributed by atoms with van der Waals surface area (Å²) in [6, 6.07) is 5.93. The molecule has 0 aliphatic carbocycles. The van der Waals surface area contributed by atoms with E-state index in [9.17, 15) is 0 Å². The zero-order chi connectivity index (χ0) is 13.3. The van der Waals surface area contributed by atoms with Crippen LogP contribution in [0.2, 0.25) is 0 Å². The molecule has 2 nitrogen and oxygen atoms in total. The summed E-state index contributed by atoms with van der Waals surface area (Å²) in [6.07, 6.45) is 2.55. The Bertz CT molecular complexity index is 302. The van der Waals surface area contributed by atoms with Crippen molar-refractivity contribution in [2.45, 2.75) is 40.5 Å². The minimum absolute atomic E-state index is 0.845. The van der Waals surface area contributed by atoms with Gasteiger partial charge < -0.3 is 10.6 Å². The van der Waals surface area contributed by atoms with Gasteiger partial charge in [-0.25, -0.2) is 0 Å². The van der Waals surface area contributed by atoms with Gasteiger partial charge in [0.25, 0.3) is 0 Å². The number of nitrogen functional groups attached to an aromatic ring is 1. The second-order valence-corrected chi connectivity index (χ2v) is 4.65. The molecule has 17 heavy (non-hydrogen) atoms. The Hall–Kier alpha value is -1.02. The summed E-state index contributed by atoms with van der Waals surface area (Å²) in [5.74, 6) is 0. The smallest absolute Gasteiger partial charge is 0.0316 e. The Kier molecular flexibility index (Phi) is 8.51. The van der Waals surface area contributed by atoms with Crippen LogP contribution in [0.15, 0.2) is 18.2 Å². The predicted molar refractivity (Wildman–Crippen MR) is 78.4 cm³/mol. The van der Waals surface area contributed by atoms with Gasteiger partial charge in [-0.05, 0) is 70.1 Å². The van der Waals surface area contributed by atoms with Gasteiger partial charge in [0.05, 0.1) is 0 Å². The molecule has 0 atom stereocenters. The van der Waals surface area contributed by atoms with Gasteiger partial charge in [0, 0.05) is 5.69 Å². The molecule has 1 aromatic rings. The van der Waals surface area contributed by atoms with Crippen LogP contribution >= 0.6 is 0 Å². The Morgan fingerprint density at radius 2 is 1.53 bits per heavy atom. The molecule has 98 valence electrons. The highest BCUT2D eigenvalue weighted by atomic mass is 15.1. The van der Waals surface area contributed by atoms with E-state index in [2.05, 4.69) is 39.6 Å². The van der Waals surface area contributed by atoms with Crippen LogP contribution in [-0.4, -0.2) is 25.0 Å². The maximum Gasteiger partial charge on any atom is 0.0316 e. The Morgan fingerprint density at radius 1 is 1.00 bits per heavy atom. The zero-order valence-corrected chi connectivity index (χ0v) is 12.1. The largest absolute Gasteiger partial charge is 0.399 e. The van der Waals surface area contributed by atoms with E-state index in [4.69, 9.17) is 5.73 Å². The van der Waals surface area contributed by atoms with Gasteiger partial charge in [0.2, 0.25) is 0 Å². The van der Waals surface area contributed by atoms with Crippen LogP contribution in [0, 0.1) is 13.8 Å². The number of hydrogen-bond donors (Lipinski definition) is 1. The number of benzene rings is 1. The molecule has 2 N–H and O–H groups in total. The molecule has 0 bridgehead atoms. The van der Waals surface area contributed by atoms with Crippen molar-refractivity contribution in [3.05, 3.63) is 29.3 Å². The van der Waals surface area contributed by atoms with Crippen molar-refractivity contribution in [1.29, 1.82) is 0 Å². The van der Waals surface area contributed by atoms with E-state index in [1.165, 1.54) is 37.1 Å². The van der Waals surface area contributed by atoms with Crippen molar-refractivity contribution in [3.8, 4) is 0 Å². The first-order valence-electron chi connectivity index (χ1n) is 6.52. The normalized spacial score (nSPS) is 10.0. The molecule has 1 rings (SSSR count). The number of hydrogen-bond acceptors (Lipinski definition) is 2. The highest BCUT2D eigenvalue weighted by Crippen LogP contribution is 2.09. The van der Waals surface area contributed by atoms with Crippen molar-refractivity contribution in [2.75, 3.05) is 25.9 Å². The number of nitrogens with zero attached hydrogens (tertiary/aromatic N) is 1. The third kappa shape index (κ3) is 7.81. The van der Waals surface area contributed by atoms with Gasteiger partial charge in [0.15, 0.2) is 0 Å². The van der Waals surface area contributed by atoms with E-state index >= 15 is 0 Å². The molecule has 1 aromatic carbocycles. The molecule has 0 heterocycles. The fourth-order valence-corrected chi connectivity index (χ4v) is 1.64. The summed E-state index contributed by atoms with van der Waals surface area (Å²) in [5, 5.41) is 0. The van der Waals surface area contributed by atoms with Gasteiger partial charge in [-0.1, -0.05) is 19.9 Å². The molecular weight excluding hydrogens is 208 g/mol. The Balaban J connectivity index is 0.000000304. The lowest BCUT2D eigenvalue weighted by molar-refractivity contribution is 0.335. The lowest BCUT2D eigenvalue weighted by atomic mass is 10.1. The van der Waals surface area contributed by atoms with Crippen molar-refractivity contribution >= 4 is 5.69 Å². The Morgan fingerprint density at radius 3 is 1.88 bits per heavy atom. The molecule has 0 saturated heterocycles. The summed E-state index contributed by atoms with van der Waals surface area (Å²) in [4.78, 5) is 2.36. The van der Waals surface area contributed by atoms with Gasteiger partial charge >= 0.3 is 0 Å². The molecule has 0 amide bonds. The maximum absolute atomic E-state index is 5.53. The third-order valence-electron chi connectivity index (χ3n) is 2.74. The monoisotopic (exact) mass is 236 g/mol. The van der Waals surface area contributed by atoms with Gasteiger partial charge in [-0.2, -0.15) is 0 Å². The van der Waals surface area contributed by atoms with Gasteiger partial charge in [-0.15, -0.1) is 0 Å². The minimum Gasteiger partial charge on any atom is -0.399 e. The van der Waals surface area contributed by atoms with E-state index in [-0.39, 0.29) is 0 Å². The van der Waals surface area contributed by atoms with Gasteiger partial charge in [0.1, 0.15) is 0 Å². The Labute approximate surface area is 107 Å². The topological polar surface area (TPSA) is 29.3 Å². The highest BCUT2D eigenvalue weighted by molar-refractivity contribution is 5.43. The molecule has 0 aliphatic rings. The lowest BCUT2D eigenvalue weighted by Crippen LogP contribution is -2.19. The number of nitrogens with two attached hydrogens (primary N) is 1. The van der Waals surface area contributed by atoms with Crippen LogP contribution in [0.5, 0.6) is 0 Å². The molecule has 0 unspecified atom stereocenters. The summed E-state index contributed by atoms with van der Waals surface area (Å²) in [6.45, 7) is 11.1. The minimum atomic E-state index is 0.845. The molecule has 2 heteroatoms. The fraction of sp³-hybridized carbons (Fsp3) is 0.600. The van der Waals surface area contributed by atoms with Crippen LogP contribution in [-0.2, 0) is 0 Å². The van der Waals surface area contributed by atoms with Crippen LogP contribution in [0.3, 0.4) is 0 Å². The van der Waals surface area contributed by atoms with Crippen LogP contribution < -0.4 is 5.73 Å². The van der Waals surface area contributed by atoms with Crippen molar-refractivity contribution < 1.29 is 0 Å². The van der Waals surface area contributed by atoms with Crippen molar-refractivity contribution in [3.63, 3.8) is 0 Å². The third-order valence-corrected chi connectivity index (χ3v) is 2.74. The standard InChI is InChI=1S/C8H11N.C7H17N/c1-6-3-4-8(9)5-7(6)2;1-4-6-8(3)7-5-2/h3-5H,9H2,1-2H3;4-7H2,1-3H3. The fourth-order valence-electron chi connectivity index (χ4n) is 1.64. The lowest BCUT2D eigenvalue weighted by Gasteiger charge is -2.12. The first-order chi connectivity index (χ1) is 8.01. The molecule has 0 aromatic heterocycles. The second-order valence-electron chi connectivity index (χ2n) is 4.65. The molecule has 0 radical (unpaired) electrons. The number of anilines is 1. The van der Waals surface area contributed by atoms with Crippen molar-refractivity contribution in [2.24, 2.45) is 0 Å². The molecule has 0 aliphatic heterocycles. The van der Waals surface area contributed by atoms with Crippen LogP contribution in [0.25, 0.3) is 0 Å². The summed E-state index contributed by atoms with van der Waals surface area (Å²) >= 11 is 0. The summed E-state index contributed by atoms with van der Waals surface area (Å²) < 4.78 is 0. The van der Waals surface area contributed by atoms with E-state index in [1.54, 1.807) is 0 Å². The first kappa shape index (κ1) is 16.0. The maximum atomic E-state index is 5.53. The van der Waals surface area contributed by atoms with Crippen LogP contribution in [0.1, 0.15) is 37.8 Å². The average Bonchev–Trinajstić information content (AvgIpc) is 2.26. The van der Waals surface area contributed by atoms with E-state index in [0.29, 0.717) is 0 Å². The molecule has 0 spiro atoms. The second kappa shape index (κ2) is 9.06. The quantitative estimate of drug-likeness (QED) is 0.809. The molecular formula is C15H28N2. The SMILES string of the molecule is CCCN(C)CCC.Cc1ccc(N)cc1C. The molecule has 0 saturated carbocycles. The number of rotatable bonds is 4. The van der Waals surface area contributed by atoms with Gasteiger partial charge in [-0.3, -0.25) is 0 Å². The van der Waals surface area contributed by atoms with Crippen LogP contribution in [0.4, 0.5) is 5.69 Å². The number of aryl methyl sites for hydroxylation is 2. The van der Waals surface area contributed by atoms with E-state index < -0.39 is 0 Å².